The third-order valence-corrected chi connectivity index (χ3v) is 7.09. The topological polar surface area (TPSA) is 36.9 Å². The van der Waals surface area contributed by atoms with Crippen LogP contribution in [0.4, 0.5) is 0 Å². The molecule has 4 rings (SSSR count). The predicted molar refractivity (Wildman–Crippen MR) is 152 cm³/mol. The highest BCUT2D eigenvalue weighted by atomic mass is 31.1. The zero-order valence-electron chi connectivity index (χ0n) is 21.6. The molecule has 0 aliphatic carbocycles. The van der Waals surface area contributed by atoms with Crippen molar-refractivity contribution in [3.05, 3.63) is 106 Å². The van der Waals surface area contributed by atoms with Crippen LogP contribution >= 0.6 is 18.1 Å². The van der Waals surface area contributed by atoms with Gasteiger partial charge in [0.2, 0.25) is 0 Å². The number of hydrogen-bond donors (Lipinski definition) is 0. The summed E-state index contributed by atoms with van der Waals surface area (Å²) in [5.41, 5.74) is 8.53. The van der Waals surface area contributed by atoms with Gasteiger partial charge in [0, 0.05) is 11.1 Å². The molecule has 0 amide bonds. The number of aryl methyl sites for hydroxylation is 6. The molecule has 4 nitrogen and oxygen atoms in total. The first-order valence-corrected chi connectivity index (χ1v) is 13.5. The lowest BCUT2D eigenvalue weighted by atomic mass is 9.95. The largest absolute Gasteiger partial charge is 0.440 e. The summed E-state index contributed by atoms with van der Waals surface area (Å²) in [5, 5.41) is 0. The van der Waals surface area contributed by atoms with Crippen LogP contribution in [0.1, 0.15) is 33.4 Å². The molecule has 0 saturated heterocycles. The molecule has 2 unspecified atom stereocenters. The van der Waals surface area contributed by atoms with Gasteiger partial charge >= 0.3 is 0 Å². The normalized spacial score (nSPS) is 11.4. The molecule has 2 atom stereocenters. The minimum Gasteiger partial charge on any atom is -0.440 e. The number of rotatable bonds is 9. The molecule has 0 saturated carbocycles. The molecule has 0 radical (unpaired) electrons. The van der Waals surface area contributed by atoms with E-state index in [-0.39, 0.29) is 18.1 Å². The van der Waals surface area contributed by atoms with Crippen LogP contribution in [0.3, 0.4) is 0 Å². The van der Waals surface area contributed by atoms with Crippen molar-refractivity contribution in [3.8, 4) is 34.1 Å². The Morgan fingerprint density at radius 3 is 1.22 bits per heavy atom. The van der Waals surface area contributed by atoms with Gasteiger partial charge in [-0.2, -0.15) is 0 Å². The standard InChI is InChI=1S/C30H32O4P2/c1-19-15-23(5)29(33-35-31-27-13-9-7-11-21(27)3)25(17-19)26-18-20(2)16-24(6)30(26)34-36-32-28-14-10-8-12-22(28)4/h7-18,35-36H,1-6H3. The molecule has 36 heavy (non-hydrogen) atoms. The lowest BCUT2D eigenvalue weighted by Gasteiger charge is -2.20. The number of benzene rings is 4. The smallest absolute Gasteiger partial charge is 0.275 e. The molecular weight excluding hydrogens is 486 g/mol. The molecule has 4 aromatic rings. The van der Waals surface area contributed by atoms with Crippen LogP contribution < -0.4 is 18.1 Å². The zero-order valence-corrected chi connectivity index (χ0v) is 23.6. The van der Waals surface area contributed by atoms with Gasteiger partial charge in [-0.15, -0.1) is 0 Å². The van der Waals surface area contributed by atoms with Crippen molar-refractivity contribution < 1.29 is 18.1 Å². The van der Waals surface area contributed by atoms with Crippen LogP contribution in [0.2, 0.25) is 0 Å². The van der Waals surface area contributed by atoms with E-state index in [2.05, 4.69) is 52.0 Å². The highest BCUT2D eigenvalue weighted by Crippen LogP contribution is 2.45. The summed E-state index contributed by atoms with van der Waals surface area (Å²) in [6.07, 6.45) is 0. The van der Waals surface area contributed by atoms with Gasteiger partial charge in [-0.25, -0.2) is 0 Å². The second kappa shape index (κ2) is 11.8. The molecule has 0 bridgehead atoms. The molecule has 0 heterocycles. The third kappa shape index (κ3) is 6.19. The van der Waals surface area contributed by atoms with Crippen molar-refractivity contribution in [2.45, 2.75) is 41.5 Å². The monoisotopic (exact) mass is 518 g/mol. The van der Waals surface area contributed by atoms with Crippen LogP contribution in [-0.4, -0.2) is 0 Å². The SMILES string of the molecule is Cc1cc(C)c(OPOc2ccccc2C)c(-c2cc(C)cc(C)c2OPOc2ccccc2C)c1. The Morgan fingerprint density at radius 2 is 0.833 bits per heavy atom. The quantitative estimate of drug-likeness (QED) is 0.207. The van der Waals surface area contributed by atoms with Gasteiger partial charge in [-0.3, -0.25) is 0 Å². The van der Waals surface area contributed by atoms with E-state index >= 15 is 0 Å². The van der Waals surface area contributed by atoms with Crippen LogP contribution in [0.5, 0.6) is 23.0 Å². The van der Waals surface area contributed by atoms with Crippen molar-refractivity contribution in [3.63, 3.8) is 0 Å². The summed E-state index contributed by atoms with van der Waals surface area (Å²) < 4.78 is 24.5. The molecule has 0 aliphatic heterocycles. The highest BCUT2D eigenvalue weighted by molar-refractivity contribution is 7.27. The van der Waals surface area contributed by atoms with E-state index < -0.39 is 0 Å². The van der Waals surface area contributed by atoms with Crippen molar-refractivity contribution in [1.82, 2.24) is 0 Å². The Kier molecular flexibility index (Phi) is 8.52. The van der Waals surface area contributed by atoms with E-state index in [4.69, 9.17) is 18.1 Å². The fourth-order valence-corrected chi connectivity index (χ4v) is 5.57. The third-order valence-electron chi connectivity index (χ3n) is 5.91. The molecular formula is C30H32O4P2. The molecule has 0 fully saturated rings. The van der Waals surface area contributed by atoms with E-state index in [1.54, 1.807) is 0 Å². The fraction of sp³-hybridized carbons (Fsp3) is 0.200. The van der Waals surface area contributed by atoms with Gasteiger partial charge in [-0.1, -0.05) is 48.5 Å². The predicted octanol–water partition coefficient (Wildman–Crippen LogP) is 9.14. The Bertz CT molecular complexity index is 1260. The molecule has 4 aromatic carbocycles. The Balaban J connectivity index is 1.63. The van der Waals surface area contributed by atoms with Crippen LogP contribution in [0, 0.1) is 41.5 Å². The summed E-state index contributed by atoms with van der Waals surface area (Å²) in [7, 11) is -0.348. The first kappa shape index (κ1) is 26.0. The number of hydrogen-bond acceptors (Lipinski definition) is 4. The van der Waals surface area contributed by atoms with Gasteiger partial charge < -0.3 is 18.1 Å². The molecule has 186 valence electrons. The summed E-state index contributed by atoms with van der Waals surface area (Å²) in [6, 6.07) is 24.5. The molecule has 0 spiro atoms. The van der Waals surface area contributed by atoms with Gasteiger partial charge in [0.15, 0.2) is 0 Å². The Morgan fingerprint density at radius 1 is 0.444 bits per heavy atom. The highest BCUT2D eigenvalue weighted by Gasteiger charge is 2.18. The van der Waals surface area contributed by atoms with E-state index in [0.717, 1.165) is 67.5 Å². The van der Waals surface area contributed by atoms with Crippen molar-refractivity contribution in [2.75, 3.05) is 0 Å². The Hall–Kier alpha value is -3.06. The molecule has 6 heteroatoms. The van der Waals surface area contributed by atoms with E-state index in [9.17, 15) is 0 Å². The zero-order chi connectivity index (χ0) is 25.7. The van der Waals surface area contributed by atoms with E-state index in [1.165, 1.54) is 0 Å². The van der Waals surface area contributed by atoms with E-state index in [1.807, 2.05) is 62.4 Å². The van der Waals surface area contributed by atoms with Gasteiger partial charge in [0.05, 0.1) is 0 Å². The van der Waals surface area contributed by atoms with Crippen LogP contribution in [0.25, 0.3) is 11.1 Å². The van der Waals surface area contributed by atoms with Crippen molar-refractivity contribution in [2.24, 2.45) is 0 Å². The second-order valence-corrected chi connectivity index (χ2v) is 10.2. The van der Waals surface area contributed by atoms with Crippen LogP contribution in [-0.2, 0) is 0 Å². The average Bonchev–Trinajstić information content (AvgIpc) is 2.83. The minimum absolute atomic E-state index is 0.174. The summed E-state index contributed by atoms with van der Waals surface area (Å²) >= 11 is 0. The Labute approximate surface area is 217 Å². The number of para-hydroxylation sites is 2. The summed E-state index contributed by atoms with van der Waals surface area (Å²) in [6.45, 7) is 12.4. The van der Waals surface area contributed by atoms with Gasteiger partial charge in [0.1, 0.15) is 23.0 Å². The average molecular weight is 519 g/mol. The maximum atomic E-state index is 6.28. The van der Waals surface area contributed by atoms with Gasteiger partial charge in [0.25, 0.3) is 18.1 Å². The molecule has 0 N–H and O–H groups in total. The lowest BCUT2D eigenvalue weighted by molar-refractivity contribution is 0.507. The lowest BCUT2D eigenvalue weighted by Crippen LogP contribution is -1.97. The van der Waals surface area contributed by atoms with Crippen molar-refractivity contribution in [1.29, 1.82) is 0 Å². The molecule has 0 aromatic heterocycles. The summed E-state index contributed by atoms with van der Waals surface area (Å²) in [4.78, 5) is 0. The minimum atomic E-state index is -0.174. The maximum Gasteiger partial charge on any atom is 0.275 e. The van der Waals surface area contributed by atoms with Gasteiger partial charge in [-0.05, 0) is 99.2 Å². The second-order valence-electron chi connectivity index (χ2n) is 9.02. The summed E-state index contributed by atoms with van der Waals surface area (Å²) in [5.74, 6) is 3.25. The first-order chi connectivity index (χ1) is 17.3. The maximum absolute atomic E-state index is 6.28. The van der Waals surface area contributed by atoms with Crippen molar-refractivity contribution >= 4 is 18.1 Å². The molecule has 0 aliphatic rings. The fourth-order valence-electron chi connectivity index (χ4n) is 4.14. The van der Waals surface area contributed by atoms with Crippen LogP contribution in [0.15, 0.2) is 72.8 Å². The first-order valence-electron chi connectivity index (χ1n) is 11.8. The van der Waals surface area contributed by atoms with E-state index in [0.29, 0.717) is 0 Å².